The molecule has 1 aliphatic rings. The zero-order valence-corrected chi connectivity index (χ0v) is 12.0. The summed E-state index contributed by atoms with van der Waals surface area (Å²) in [6.07, 6.45) is 7.91. The first kappa shape index (κ1) is 12.4. The van der Waals surface area contributed by atoms with Crippen molar-refractivity contribution >= 4 is 27.5 Å². The predicted octanol–water partition coefficient (Wildman–Crippen LogP) is 4.37. The lowest BCUT2D eigenvalue weighted by atomic mass is 9.87. The van der Waals surface area contributed by atoms with Crippen LogP contribution >= 0.6 is 27.5 Å². The number of aryl methyl sites for hydroxylation is 1. The van der Waals surface area contributed by atoms with Gasteiger partial charge in [0.15, 0.2) is 0 Å². The molecular weight excluding hydrogens is 288 g/mol. The van der Waals surface area contributed by atoms with Crippen molar-refractivity contribution in [2.24, 2.45) is 0 Å². The third-order valence-electron chi connectivity index (χ3n) is 3.27. The Morgan fingerprint density at radius 2 is 2.38 bits per heavy atom. The molecule has 0 N–H and O–H groups in total. The molecule has 1 aliphatic carbocycles. The van der Waals surface area contributed by atoms with Gasteiger partial charge in [0.2, 0.25) is 0 Å². The van der Waals surface area contributed by atoms with Gasteiger partial charge in [-0.05, 0) is 25.7 Å². The van der Waals surface area contributed by atoms with Crippen molar-refractivity contribution < 1.29 is 0 Å². The fourth-order valence-corrected chi connectivity index (χ4v) is 3.62. The summed E-state index contributed by atoms with van der Waals surface area (Å²) in [6, 6.07) is 0. The van der Waals surface area contributed by atoms with E-state index in [4.69, 9.17) is 11.6 Å². The zero-order valence-electron chi connectivity index (χ0n) is 9.63. The second-order valence-corrected chi connectivity index (χ2v) is 6.26. The van der Waals surface area contributed by atoms with Gasteiger partial charge < -0.3 is 0 Å². The SMILES string of the molecule is CCCn1ncc(Cl)c1C1CCCC(Br)C1. The van der Waals surface area contributed by atoms with Crippen molar-refractivity contribution in [2.45, 2.75) is 56.3 Å². The van der Waals surface area contributed by atoms with Crippen LogP contribution in [0.2, 0.25) is 5.02 Å². The molecule has 0 amide bonds. The van der Waals surface area contributed by atoms with Gasteiger partial charge in [0.25, 0.3) is 0 Å². The van der Waals surface area contributed by atoms with Gasteiger partial charge in [-0.15, -0.1) is 0 Å². The Morgan fingerprint density at radius 1 is 1.56 bits per heavy atom. The number of alkyl halides is 1. The molecule has 0 spiro atoms. The summed E-state index contributed by atoms with van der Waals surface area (Å²) in [5.41, 5.74) is 1.26. The average Bonchev–Trinajstić information content (AvgIpc) is 2.60. The molecule has 16 heavy (non-hydrogen) atoms. The normalized spacial score (nSPS) is 25.9. The molecule has 90 valence electrons. The molecule has 1 saturated carbocycles. The van der Waals surface area contributed by atoms with Gasteiger partial charge in [0.1, 0.15) is 0 Å². The highest BCUT2D eigenvalue weighted by molar-refractivity contribution is 9.09. The van der Waals surface area contributed by atoms with E-state index in [1.165, 1.54) is 31.4 Å². The third kappa shape index (κ3) is 2.62. The third-order valence-corrected chi connectivity index (χ3v) is 4.39. The van der Waals surface area contributed by atoms with Crippen LogP contribution in [0.1, 0.15) is 50.6 Å². The summed E-state index contributed by atoms with van der Waals surface area (Å²) in [5.74, 6) is 0.583. The lowest BCUT2D eigenvalue weighted by Gasteiger charge is -2.26. The van der Waals surface area contributed by atoms with Crippen molar-refractivity contribution in [3.8, 4) is 0 Å². The Morgan fingerprint density at radius 3 is 3.06 bits per heavy atom. The predicted molar refractivity (Wildman–Crippen MR) is 71.5 cm³/mol. The molecular formula is C12H18BrClN2. The summed E-state index contributed by atoms with van der Waals surface area (Å²) in [7, 11) is 0. The summed E-state index contributed by atoms with van der Waals surface area (Å²) >= 11 is 9.99. The maximum absolute atomic E-state index is 6.26. The standard InChI is InChI=1S/C12H18BrClN2/c1-2-6-16-12(11(14)8-15-16)9-4-3-5-10(13)7-9/h8-10H,2-7H2,1H3. The highest BCUT2D eigenvalue weighted by Gasteiger charge is 2.26. The van der Waals surface area contributed by atoms with Crippen molar-refractivity contribution in [1.82, 2.24) is 9.78 Å². The summed E-state index contributed by atoms with van der Waals surface area (Å²) in [6.45, 7) is 3.15. The van der Waals surface area contributed by atoms with Crippen molar-refractivity contribution in [2.75, 3.05) is 0 Å². The molecule has 1 aromatic heterocycles. The molecule has 0 radical (unpaired) electrons. The van der Waals surface area contributed by atoms with Crippen LogP contribution in [0.5, 0.6) is 0 Å². The van der Waals surface area contributed by atoms with Gasteiger partial charge in [-0.3, -0.25) is 4.68 Å². The molecule has 2 atom stereocenters. The Bertz CT molecular complexity index is 351. The van der Waals surface area contributed by atoms with E-state index in [-0.39, 0.29) is 0 Å². The number of rotatable bonds is 3. The Balaban J connectivity index is 2.20. The van der Waals surface area contributed by atoms with Crippen molar-refractivity contribution in [1.29, 1.82) is 0 Å². The van der Waals surface area contributed by atoms with E-state index in [2.05, 4.69) is 32.6 Å². The summed E-state index contributed by atoms with van der Waals surface area (Å²) in [4.78, 5) is 0.646. The van der Waals surface area contributed by atoms with E-state index in [1.54, 1.807) is 6.20 Å². The van der Waals surface area contributed by atoms with E-state index in [9.17, 15) is 0 Å². The smallest absolute Gasteiger partial charge is 0.0820 e. The molecule has 1 aromatic rings. The first-order chi connectivity index (χ1) is 7.72. The van der Waals surface area contributed by atoms with Gasteiger partial charge in [-0.25, -0.2) is 0 Å². The van der Waals surface area contributed by atoms with E-state index in [1.807, 2.05) is 0 Å². The minimum atomic E-state index is 0.583. The van der Waals surface area contributed by atoms with Crippen LogP contribution in [-0.4, -0.2) is 14.6 Å². The second-order valence-electron chi connectivity index (χ2n) is 4.56. The number of aromatic nitrogens is 2. The Hall–Kier alpha value is -0.0200. The fourth-order valence-electron chi connectivity index (χ4n) is 2.55. The molecule has 0 aromatic carbocycles. The molecule has 4 heteroatoms. The van der Waals surface area contributed by atoms with Gasteiger partial charge in [0, 0.05) is 17.3 Å². The number of nitrogens with zero attached hydrogens (tertiary/aromatic N) is 2. The number of hydrogen-bond acceptors (Lipinski definition) is 1. The quantitative estimate of drug-likeness (QED) is 0.758. The first-order valence-electron chi connectivity index (χ1n) is 6.07. The van der Waals surface area contributed by atoms with E-state index in [0.717, 1.165) is 18.0 Å². The van der Waals surface area contributed by atoms with Crippen molar-refractivity contribution in [3.63, 3.8) is 0 Å². The van der Waals surface area contributed by atoms with Gasteiger partial charge >= 0.3 is 0 Å². The van der Waals surface area contributed by atoms with Crippen LogP contribution in [0.3, 0.4) is 0 Å². The molecule has 1 heterocycles. The van der Waals surface area contributed by atoms with Crippen molar-refractivity contribution in [3.05, 3.63) is 16.9 Å². The fraction of sp³-hybridized carbons (Fsp3) is 0.750. The Kier molecular flexibility index (Phi) is 4.31. The topological polar surface area (TPSA) is 17.8 Å². The summed E-state index contributed by atoms with van der Waals surface area (Å²) < 4.78 is 2.10. The zero-order chi connectivity index (χ0) is 11.5. The van der Waals surface area contributed by atoms with Crippen LogP contribution in [0.4, 0.5) is 0 Å². The van der Waals surface area contributed by atoms with E-state index in [0.29, 0.717) is 10.7 Å². The lowest BCUT2D eigenvalue weighted by molar-refractivity contribution is 0.425. The van der Waals surface area contributed by atoms with E-state index >= 15 is 0 Å². The van der Waals surface area contributed by atoms with E-state index < -0.39 is 0 Å². The van der Waals surface area contributed by atoms with Crippen LogP contribution in [0.25, 0.3) is 0 Å². The minimum absolute atomic E-state index is 0.583. The molecule has 0 saturated heterocycles. The second kappa shape index (κ2) is 5.54. The molecule has 2 rings (SSSR count). The number of halogens is 2. The average molecular weight is 306 g/mol. The maximum atomic E-state index is 6.26. The van der Waals surface area contributed by atoms with Crippen LogP contribution in [0, 0.1) is 0 Å². The van der Waals surface area contributed by atoms with Crippen LogP contribution < -0.4 is 0 Å². The van der Waals surface area contributed by atoms with Crippen LogP contribution in [-0.2, 0) is 6.54 Å². The lowest BCUT2D eigenvalue weighted by Crippen LogP contribution is -2.17. The maximum Gasteiger partial charge on any atom is 0.0820 e. The molecule has 0 aliphatic heterocycles. The molecule has 1 fully saturated rings. The summed E-state index contributed by atoms with van der Waals surface area (Å²) in [5, 5.41) is 5.22. The molecule has 2 unspecified atom stereocenters. The van der Waals surface area contributed by atoms with Gasteiger partial charge in [-0.2, -0.15) is 5.10 Å². The number of hydrogen-bond donors (Lipinski definition) is 0. The monoisotopic (exact) mass is 304 g/mol. The largest absolute Gasteiger partial charge is 0.268 e. The highest BCUT2D eigenvalue weighted by atomic mass is 79.9. The minimum Gasteiger partial charge on any atom is -0.268 e. The van der Waals surface area contributed by atoms with Crippen LogP contribution in [0.15, 0.2) is 6.20 Å². The Labute approximate surface area is 110 Å². The molecule has 2 nitrogen and oxygen atoms in total. The molecule has 0 bridgehead atoms. The van der Waals surface area contributed by atoms with Gasteiger partial charge in [-0.1, -0.05) is 40.9 Å². The van der Waals surface area contributed by atoms with Gasteiger partial charge in [0.05, 0.1) is 16.9 Å². The highest BCUT2D eigenvalue weighted by Crippen LogP contribution is 2.38. The first-order valence-corrected chi connectivity index (χ1v) is 7.37.